The summed E-state index contributed by atoms with van der Waals surface area (Å²) in [7, 11) is 3.15. The van der Waals surface area contributed by atoms with Crippen LogP contribution in [0.5, 0.6) is 11.5 Å². The molecule has 134 valence electrons. The van der Waals surface area contributed by atoms with Crippen molar-refractivity contribution in [2.24, 2.45) is 0 Å². The van der Waals surface area contributed by atoms with Gasteiger partial charge < -0.3 is 14.8 Å². The van der Waals surface area contributed by atoms with Gasteiger partial charge in [-0.3, -0.25) is 4.79 Å². The average Bonchev–Trinajstić information content (AvgIpc) is 3.09. The van der Waals surface area contributed by atoms with Gasteiger partial charge in [-0.1, -0.05) is 6.07 Å². The molecule has 0 saturated heterocycles. The van der Waals surface area contributed by atoms with Gasteiger partial charge in [0.05, 0.1) is 26.3 Å². The SMILES string of the molecule is COc1ccc(-c2nc(CC(=O)Nc3cccc(F)c3)cs2)cc1OC. The van der Waals surface area contributed by atoms with Gasteiger partial charge in [0.1, 0.15) is 10.8 Å². The first-order valence-corrected chi connectivity index (χ1v) is 8.69. The summed E-state index contributed by atoms with van der Waals surface area (Å²) < 4.78 is 23.7. The molecule has 1 heterocycles. The Morgan fingerprint density at radius 2 is 1.96 bits per heavy atom. The lowest BCUT2D eigenvalue weighted by molar-refractivity contribution is -0.115. The van der Waals surface area contributed by atoms with Crippen LogP contribution in [0, 0.1) is 5.82 Å². The number of anilines is 1. The first kappa shape index (κ1) is 17.9. The smallest absolute Gasteiger partial charge is 0.230 e. The Hall–Kier alpha value is -2.93. The van der Waals surface area contributed by atoms with Crippen molar-refractivity contribution >= 4 is 22.9 Å². The second-order valence-corrected chi connectivity index (χ2v) is 6.31. The van der Waals surface area contributed by atoms with Crippen LogP contribution in [0.4, 0.5) is 10.1 Å². The largest absolute Gasteiger partial charge is 0.493 e. The maximum Gasteiger partial charge on any atom is 0.230 e. The average molecular weight is 372 g/mol. The van der Waals surface area contributed by atoms with Crippen LogP contribution in [0.15, 0.2) is 47.8 Å². The van der Waals surface area contributed by atoms with E-state index in [2.05, 4.69) is 10.3 Å². The maximum atomic E-state index is 13.2. The molecule has 3 rings (SSSR count). The Morgan fingerprint density at radius 3 is 2.69 bits per heavy atom. The standard InChI is InChI=1S/C19H17FN2O3S/c1-24-16-7-6-12(8-17(16)25-2)19-22-15(11-26-19)10-18(23)21-14-5-3-4-13(20)9-14/h3-9,11H,10H2,1-2H3,(H,21,23). The third-order valence-corrected chi connectivity index (χ3v) is 4.57. The minimum Gasteiger partial charge on any atom is -0.493 e. The van der Waals surface area contributed by atoms with E-state index >= 15 is 0 Å². The number of hydrogen-bond acceptors (Lipinski definition) is 5. The van der Waals surface area contributed by atoms with Crippen molar-refractivity contribution in [3.05, 3.63) is 59.4 Å². The minimum atomic E-state index is -0.396. The molecule has 0 unspecified atom stereocenters. The minimum absolute atomic E-state index is 0.111. The Balaban J connectivity index is 1.70. The number of methoxy groups -OCH3 is 2. The molecule has 0 radical (unpaired) electrons. The molecule has 0 spiro atoms. The van der Waals surface area contributed by atoms with Gasteiger partial charge in [-0.2, -0.15) is 0 Å². The van der Waals surface area contributed by atoms with Crippen LogP contribution in [0.3, 0.4) is 0 Å². The molecule has 0 fully saturated rings. The van der Waals surface area contributed by atoms with Gasteiger partial charge in [0.25, 0.3) is 0 Å². The summed E-state index contributed by atoms with van der Waals surface area (Å²) in [6.07, 6.45) is 0.111. The fraction of sp³-hybridized carbons (Fsp3) is 0.158. The van der Waals surface area contributed by atoms with Crippen molar-refractivity contribution in [2.75, 3.05) is 19.5 Å². The molecule has 0 saturated carbocycles. The van der Waals surface area contributed by atoms with E-state index in [9.17, 15) is 9.18 Å². The molecule has 7 heteroatoms. The highest BCUT2D eigenvalue weighted by molar-refractivity contribution is 7.13. The molecule has 0 atom stereocenters. The molecule has 0 aliphatic carbocycles. The summed E-state index contributed by atoms with van der Waals surface area (Å²) in [4.78, 5) is 16.6. The van der Waals surface area contributed by atoms with Crippen LogP contribution in [-0.4, -0.2) is 25.1 Å². The quantitative estimate of drug-likeness (QED) is 0.706. The number of nitrogens with zero attached hydrogens (tertiary/aromatic N) is 1. The fourth-order valence-corrected chi connectivity index (χ4v) is 3.24. The van der Waals surface area contributed by atoms with Crippen LogP contribution in [0.2, 0.25) is 0 Å². The highest BCUT2D eigenvalue weighted by Gasteiger charge is 2.12. The fourth-order valence-electron chi connectivity index (χ4n) is 2.43. The number of benzene rings is 2. The second kappa shape index (κ2) is 7.97. The molecule has 26 heavy (non-hydrogen) atoms. The number of aromatic nitrogens is 1. The first-order valence-electron chi connectivity index (χ1n) is 7.81. The molecule has 0 aliphatic heterocycles. The Labute approximate surface area is 154 Å². The first-order chi connectivity index (χ1) is 12.6. The van der Waals surface area contributed by atoms with Crippen molar-refractivity contribution in [3.63, 3.8) is 0 Å². The topological polar surface area (TPSA) is 60.5 Å². The molecule has 1 amide bonds. The van der Waals surface area contributed by atoms with Crippen molar-refractivity contribution in [2.45, 2.75) is 6.42 Å². The lowest BCUT2D eigenvalue weighted by Crippen LogP contribution is -2.14. The zero-order valence-corrected chi connectivity index (χ0v) is 15.1. The van der Waals surface area contributed by atoms with Crippen molar-refractivity contribution in [1.82, 2.24) is 4.98 Å². The van der Waals surface area contributed by atoms with E-state index in [1.165, 1.54) is 23.5 Å². The number of carbonyl (C=O) groups is 1. The van der Waals surface area contributed by atoms with E-state index in [1.807, 2.05) is 23.6 Å². The van der Waals surface area contributed by atoms with Crippen LogP contribution < -0.4 is 14.8 Å². The number of nitrogens with one attached hydrogen (secondary N) is 1. The number of ether oxygens (including phenoxy) is 2. The Kier molecular flexibility index (Phi) is 5.48. The zero-order chi connectivity index (χ0) is 18.5. The van der Waals surface area contributed by atoms with E-state index in [4.69, 9.17) is 9.47 Å². The lowest BCUT2D eigenvalue weighted by atomic mass is 10.2. The van der Waals surface area contributed by atoms with Crippen molar-refractivity contribution in [1.29, 1.82) is 0 Å². The summed E-state index contributed by atoms with van der Waals surface area (Å²) in [6, 6.07) is 11.3. The van der Waals surface area contributed by atoms with Gasteiger partial charge in [0, 0.05) is 16.6 Å². The van der Waals surface area contributed by atoms with Crippen LogP contribution in [0.1, 0.15) is 5.69 Å². The lowest BCUT2D eigenvalue weighted by Gasteiger charge is -2.08. The normalized spacial score (nSPS) is 10.4. The van der Waals surface area contributed by atoms with Gasteiger partial charge in [-0.15, -0.1) is 11.3 Å². The number of halogens is 1. The summed E-state index contributed by atoms with van der Waals surface area (Å²) in [6.45, 7) is 0. The molecule has 3 aromatic rings. The van der Waals surface area contributed by atoms with E-state index in [0.29, 0.717) is 22.9 Å². The number of hydrogen-bond donors (Lipinski definition) is 1. The Bertz CT molecular complexity index is 927. The molecule has 2 aromatic carbocycles. The maximum absolute atomic E-state index is 13.2. The Morgan fingerprint density at radius 1 is 1.15 bits per heavy atom. The highest BCUT2D eigenvalue weighted by Crippen LogP contribution is 2.33. The van der Waals surface area contributed by atoms with Gasteiger partial charge in [0.2, 0.25) is 5.91 Å². The summed E-state index contributed by atoms with van der Waals surface area (Å²) in [5.41, 5.74) is 1.95. The second-order valence-electron chi connectivity index (χ2n) is 5.45. The molecule has 0 bridgehead atoms. The zero-order valence-electron chi connectivity index (χ0n) is 14.3. The summed E-state index contributed by atoms with van der Waals surface area (Å²) in [5, 5.41) is 5.27. The molecule has 0 aliphatic rings. The molecular formula is C19H17FN2O3S. The predicted octanol–water partition coefficient (Wildman–Crippen LogP) is 4.15. The third kappa shape index (κ3) is 4.18. The third-order valence-electron chi connectivity index (χ3n) is 3.63. The molecule has 1 N–H and O–H groups in total. The number of rotatable bonds is 6. The van der Waals surface area contributed by atoms with Crippen LogP contribution in [-0.2, 0) is 11.2 Å². The summed E-state index contributed by atoms with van der Waals surface area (Å²) in [5.74, 6) is 0.611. The van der Waals surface area contributed by atoms with E-state index in [1.54, 1.807) is 26.4 Å². The highest BCUT2D eigenvalue weighted by atomic mass is 32.1. The van der Waals surface area contributed by atoms with E-state index in [-0.39, 0.29) is 12.3 Å². The van der Waals surface area contributed by atoms with Gasteiger partial charge in [-0.05, 0) is 36.4 Å². The predicted molar refractivity (Wildman–Crippen MR) is 99.4 cm³/mol. The molecule has 1 aromatic heterocycles. The molecule has 5 nitrogen and oxygen atoms in total. The van der Waals surface area contributed by atoms with Crippen molar-refractivity contribution in [3.8, 4) is 22.1 Å². The van der Waals surface area contributed by atoms with Gasteiger partial charge >= 0.3 is 0 Å². The van der Waals surface area contributed by atoms with Crippen LogP contribution >= 0.6 is 11.3 Å². The summed E-state index contributed by atoms with van der Waals surface area (Å²) >= 11 is 1.44. The van der Waals surface area contributed by atoms with Crippen LogP contribution in [0.25, 0.3) is 10.6 Å². The van der Waals surface area contributed by atoms with E-state index < -0.39 is 5.82 Å². The molecular weight excluding hydrogens is 355 g/mol. The van der Waals surface area contributed by atoms with Crippen molar-refractivity contribution < 1.29 is 18.7 Å². The number of thiazole rings is 1. The number of amides is 1. The van der Waals surface area contributed by atoms with Gasteiger partial charge in [-0.25, -0.2) is 9.37 Å². The number of carbonyl (C=O) groups excluding carboxylic acids is 1. The van der Waals surface area contributed by atoms with E-state index in [0.717, 1.165) is 10.6 Å². The monoisotopic (exact) mass is 372 g/mol. The van der Waals surface area contributed by atoms with Gasteiger partial charge in [0.15, 0.2) is 11.5 Å².